The molecular formula is C29H29N3O2. The van der Waals surface area contributed by atoms with E-state index in [1.54, 1.807) is 4.57 Å². The van der Waals surface area contributed by atoms with Crippen molar-refractivity contribution < 1.29 is 4.79 Å². The van der Waals surface area contributed by atoms with Crippen LogP contribution in [0.5, 0.6) is 0 Å². The number of nitrogens with zero attached hydrogens (tertiary/aromatic N) is 2. The van der Waals surface area contributed by atoms with Crippen molar-refractivity contribution in [1.82, 2.24) is 14.8 Å². The maximum atomic E-state index is 14.0. The van der Waals surface area contributed by atoms with E-state index in [-0.39, 0.29) is 17.5 Å². The number of pyridine rings is 1. The highest BCUT2D eigenvalue weighted by Crippen LogP contribution is 2.26. The van der Waals surface area contributed by atoms with E-state index in [1.165, 1.54) is 0 Å². The number of carbonyl (C=O) groups is 1. The van der Waals surface area contributed by atoms with E-state index < -0.39 is 0 Å². The Morgan fingerprint density at radius 2 is 1.50 bits per heavy atom. The summed E-state index contributed by atoms with van der Waals surface area (Å²) in [5.41, 5.74) is 3.08. The number of nitrogens with one attached hydrogen (secondary N) is 1. The van der Waals surface area contributed by atoms with Crippen molar-refractivity contribution in [1.29, 1.82) is 0 Å². The lowest BCUT2D eigenvalue weighted by Crippen LogP contribution is -2.40. The summed E-state index contributed by atoms with van der Waals surface area (Å²) in [5, 5.41) is 4.52. The molecule has 1 saturated heterocycles. The second-order valence-electron chi connectivity index (χ2n) is 8.82. The standard InChI is InChI=1S/C29H29N3O2/c1-2-25(21-12-5-3-6-13-21)30-28(33)27-23-16-9-10-17-24(23)29(34)32(22-14-7-4-8-15-22)26(27)20-31-18-11-19-31/h3-10,12-17,25H,2,11,18-20H2,1H3,(H,30,33)/t25-/m0/s1. The van der Waals surface area contributed by atoms with Crippen LogP contribution < -0.4 is 10.9 Å². The van der Waals surface area contributed by atoms with Gasteiger partial charge in [0, 0.05) is 23.0 Å². The van der Waals surface area contributed by atoms with Crippen molar-refractivity contribution >= 4 is 16.7 Å². The second kappa shape index (κ2) is 9.65. The Labute approximate surface area is 199 Å². The maximum Gasteiger partial charge on any atom is 0.263 e. The summed E-state index contributed by atoms with van der Waals surface area (Å²) in [7, 11) is 0. The minimum atomic E-state index is -0.146. The Morgan fingerprint density at radius 3 is 2.12 bits per heavy atom. The molecule has 1 aliphatic rings. The van der Waals surface area contributed by atoms with Gasteiger partial charge in [0.1, 0.15) is 0 Å². The number of para-hydroxylation sites is 1. The number of likely N-dealkylation sites (tertiary alicyclic amines) is 1. The number of benzene rings is 3. The van der Waals surface area contributed by atoms with Crippen molar-refractivity contribution in [3.8, 4) is 5.69 Å². The van der Waals surface area contributed by atoms with Crippen LogP contribution >= 0.6 is 0 Å². The van der Waals surface area contributed by atoms with E-state index in [1.807, 2.05) is 84.9 Å². The molecule has 1 aromatic heterocycles. The smallest absolute Gasteiger partial charge is 0.263 e. The minimum absolute atomic E-state index is 0.0935. The summed E-state index contributed by atoms with van der Waals surface area (Å²) in [6.07, 6.45) is 1.91. The third kappa shape index (κ3) is 4.15. The first-order valence-corrected chi connectivity index (χ1v) is 12.0. The van der Waals surface area contributed by atoms with Crippen LogP contribution in [0.25, 0.3) is 16.5 Å². The fourth-order valence-electron chi connectivity index (χ4n) is 4.74. The van der Waals surface area contributed by atoms with Gasteiger partial charge in [-0.3, -0.25) is 19.1 Å². The van der Waals surface area contributed by atoms with Crippen LogP contribution in [0.1, 0.15) is 47.4 Å². The topological polar surface area (TPSA) is 54.3 Å². The quantitative estimate of drug-likeness (QED) is 0.426. The molecule has 1 amide bonds. The summed E-state index contributed by atoms with van der Waals surface area (Å²) in [5.74, 6) is -0.146. The highest BCUT2D eigenvalue weighted by Gasteiger charge is 2.27. The molecular weight excluding hydrogens is 422 g/mol. The van der Waals surface area contributed by atoms with Gasteiger partial charge in [0.25, 0.3) is 11.5 Å². The highest BCUT2D eigenvalue weighted by molar-refractivity contribution is 6.08. The SMILES string of the molecule is CC[C@H](NC(=O)c1c(CN2CCC2)n(-c2ccccc2)c(=O)c2ccccc12)c1ccccc1. The summed E-state index contributed by atoms with van der Waals surface area (Å²) in [6, 6.07) is 27.0. The molecule has 5 rings (SSSR count). The maximum absolute atomic E-state index is 14.0. The third-order valence-electron chi connectivity index (χ3n) is 6.67. The number of amides is 1. The van der Waals surface area contributed by atoms with Crippen LogP contribution in [-0.4, -0.2) is 28.5 Å². The Morgan fingerprint density at radius 1 is 0.882 bits per heavy atom. The van der Waals surface area contributed by atoms with Crippen LogP contribution in [0.4, 0.5) is 0 Å². The van der Waals surface area contributed by atoms with E-state index >= 15 is 0 Å². The van der Waals surface area contributed by atoms with Gasteiger partial charge in [0.15, 0.2) is 0 Å². The van der Waals surface area contributed by atoms with E-state index in [0.29, 0.717) is 22.9 Å². The summed E-state index contributed by atoms with van der Waals surface area (Å²) >= 11 is 0. The molecule has 0 saturated carbocycles. The van der Waals surface area contributed by atoms with Gasteiger partial charge in [-0.1, -0.05) is 73.7 Å². The lowest BCUT2D eigenvalue weighted by atomic mass is 9.99. The molecule has 0 spiro atoms. The largest absolute Gasteiger partial charge is 0.345 e. The molecule has 0 unspecified atom stereocenters. The fourth-order valence-corrected chi connectivity index (χ4v) is 4.74. The van der Waals surface area contributed by atoms with Crippen LogP contribution in [0, 0.1) is 0 Å². The van der Waals surface area contributed by atoms with E-state index in [2.05, 4.69) is 17.1 Å². The second-order valence-corrected chi connectivity index (χ2v) is 8.82. The Kier molecular flexibility index (Phi) is 6.28. The van der Waals surface area contributed by atoms with Crippen LogP contribution in [0.15, 0.2) is 89.7 Å². The van der Waals surface area contributed by atoms with Gasteiger partial charge in [-0.15, -0.1) is 0 Å². The Bertz CT molecular complexity index is 1360. The van der Waals surface area contributed by atoms with Gasteiger partial charge in [-0.05, 0) is 49.7 Å². The monoisotopic (exact) mass is 451 g/mol. The number of carbonyl (C=O) groups excluding carboxylic acids is 1. The lowest BCUT2D eigenvalue weighted by molar-refractivity contribution is 0.0932. The molecule has 5 heteroatoms. The summed E-state index contributed by atoms with van der Waals surface area (Å²) in [4.78, 5) is 30.0. The normalized spacial score (nSPS) is 14.5. The van der Waals surface area contributed by atoms with Gasteiger partial charge >= 0.3 is 0 Å². The predicted molar refractivity (Wildman–Crippen MR) is 136 cm³/mol. The molecule has 0 radical (unpaired) electrons. The van der Waals surface area contributed by atoms with E-state index in [0.717, 1.165) is 42.9 Å². The first-order valence-electron chi connectivity index (χ1n) is 12.0. The zero-order valence-corrected chi connectivity index (χ0v) is 19.4. The summed E-state index contributed by atoms with van der Waals surface area (Å²) in [6.45, 7) is 4.57. The minimum Gasteiger partial charge on any atom is -0.345 e. The Hall–Kier alpha value is -3.70. The molecule has 1 fully saturated rings. The zero-order valence-electron chi connectivity index (χ0n) is 19.4. The number of hydrogen-bond acceptors (Lipinski definition) is 3. The van der Waals surface area contributed by atoms with Crippen molar-refractivity contribution in [3.05, 3.63) is 112 Å². The summed E-state index contributed by atoms with van der Waals surface area (Å²) < 4.78 is 1.74. The van der Waals surface area contributed by atoms with Gasteiger partial charge in [0.05, 0.1) is 17.3 Å². The molecule has 4 aromatic rings. The number of fused-ring (bicyclic) bond motifs is 1. The average Bonchev–Trinajstić information content (AvgIpc) is 2.86. The predicted octanol–water partition coefficient (Wildman–Crippen LogP) is 5.08. The van der Waals surface area contributed by atoms with Gasteiger partial charge in [-0.25, -0.2) is 0 Å². The molecule has 2 heterocycles. The van der Waals surface area contributed by atoms with E-state index in [9.17, 15) is 9.59 Å². The third-order valence-corrected chi connectivity index (χ3v) is 6.67. The molecule has 172 valence electrons. The number of rotatable bonds is 7. The number of aromatic nitrogens is 1. The zero-order chi connectivity index (χ0) is 23.5. The van der Waals surface area contributed by atoms with Crippen LogP contribution in [0.2, 0.25) is 0 Å². The highest BCUT2D eigenvalue weighted by atomic mass is 16.2. The fraction of sp³-hybridized carbons (Fsp3) is 0.241. The molecule has 0 aliphatic carbocycles. The molecule has 1 aliphatic heterocycles. The number of hydrogen-bond donors (Lipinski definition) is 1. The van der Waals surface area contributed by atoms with Crippen molar-refractivity contribution in [3.63, 3.8) is 0 Å². The first kappa shape index (κ1) is 22.1. The van der Waals surface area contributed by atoms with Crippen LogP contribution in [0.3, 0.4) is 0 Å². The molecule has 1 atom stereocenters. The Balaban J connectivity index is 1.70. The van der Waals surface area contributed by atoms with Crippen LogP contribution in [-0.2, 0) is 6.54 Å². The molecule has 1 N–H and O–H groups in total. The first-order chi connectivity index (χ1) is 16.7. The lowest BCUT2D eigenvalue weighted by Gasteiger charge is -2.32. The van der Waals surface area contributed by atoms with Gasteiger partial charge in [-0.2, -0.15) is 0 Å². The van der Waals surface area contributed by atoms with E-state index in [4.69, 9.17) is 0 Å². The van der Waals surface area contributed by atoms with Crippen molar-refractivity contribution in [2.24, 2.45) is 0 Å². The van der Waals surface area contributed by atoms with Crippen molar-refractivity contribution in [2.75, 3.05) is 13.1 Å². The molecule has 34 heavy (non-hydrogen) atoms. The molecule has 0 bridgehead atoms. The molecule has 5 nitrogen and oxygen atoms in total. The van der Waals surface area contributed by atoms with Gasteiger partial charge in [0.2, 0.25) is 0 Å². The van der Waals surface area contributed by atoms with Crippen molar-refractivity contribution in [2.45, 2.75) is 32.4 Å². The van der Waals surface area contributed by atoms with Gasteiger partial charge < -0.3 is 5.32 Å². The average molecular weight is 452 g/mol. The molecule has 3 aromatic carbocycles.